The summed E-state index contributed by atoms with van der Waals surface area (Å²) in [6, 6.07) is 10.6. The van der Waals surface area contributed by atoms with Gasteiger partial charge in [0, 0.05) is 12.7 Å². The number of hydrogen-bond donors (Lipinski definition) is 0. The average Bonchev–Trinajstić information content (AvgIpc) is 3.13. The zero-order valence-corrected chi connectivity index (χ0v) is 12.6. The van der Waals surface area contributed by atoms with Crippen molar-refractivity contribution in [1.29, 1.82) is 0 Å². The molecule has 0 aliphatic carbocycles. The number of benzene rings is 1. The van der Waals surface area contributed by atoms with Crippen molar-refractivity contribution in [3.63, 3.8) is 0 Å². The molecule has 0 spiro atoms. The monoisotopic (exact) mass is 281 g/mol. The molecule has 1 aromatic carbocycles. The summed E-state index contributed by atoms with van der Waals surface area (Å²) in [6.07, 6.45) is 3.82. The third-order valence-corrected chi connectivity index (χ3v) is 3.78. The van der Waals surface area contributed by atoms with E-state index in [1.165, 1.54) is 5.56 Å². The summed E-state index contributed by atoms with van der Waals surface area (Å²) in [7, 11) is 0. The van der Waals surface area contributed by atoms with Crippen molar-refractivity contribution < 1.29 is 0 Å². The van der Waals surface area contributed by atoms with Crippen molar-refractivity contribution in [3.8, 4) is 11.4 Å². The van der Waals surface area contributed by atoms with Gasteiger partial charge in [0.25, 0.3) is 0 Å². The molecule has 3 aromatic rings. The van der Waals surface area contributed by atoms with Gasteiger partial charge in [-0.3, -0.25) is 4.68 Å². The molecular weight excluding hydrogens is 262 g/mol. The molecule has 0 bridgehead atoms. The smallest absolute Gasteiger partial charge is 0.167 e. The van der Waals surface area contributed by atoms with Gasteiger partial charge in [0.1, 0.15) is 6.33 Å². The lowest BCUT2D eigenvalue weighted by Gasteiger charge is -2.15. The van der Waals surface area contributed by atoms with Crippen LogP contribution in [0.15, 0.2) is 42.9 Å². The van der Waals surface area contributed by atoms with Gasteiger partial charge in [-0.1, -0.05) is 30.3 Å². The first-order valence-corrected chi connectivity index (χ1v) is 7.19. The van der Waals surface area contributed by atoms with E-state index in [1.807, 2.05) is 23.9 Å². The molecule has 21 heavy (non-hydrogen) atoms. The molecule has 3 rings (SSSR count). The third kappa shape index (κ3) is 2.46. The van der Waals surface area contributed by atoms with E-state index in [9.17, 15) is 0 Å². The number of nitrogens with zero attached hydrogens (tertiary/aromatic N) is 5. The Hall–Kier alpha value is -2.43. The molecule has 0 aliphatic heterocycles. The number of aromatic nitrogens is 5. The van der Waals surface area contributed by atoms with Crippen molar-refractivity contribution >= 4 is 0 Å². The van der Waals surface area contributed by atoms with Crippen LogP contribution in [0.1, 0.15) is 31.1 Å². The Labute approximate surface area is 124 Å². The van der Waals surface area contributed by atoms with Gasteiger partial charge in [0.2, 0.25) is 0 Å². The van der Waals surface area contributed by atoms with Gasteiger partial charge in [-0.15, -0.1) is 10.2 Å². The minimum Gasteiger partial charge on any atom is -0.306 e. The molecule has 5 heteroatoms. The van der Waals surface area contributed by atoms with Crippen molar-refractivity contribution in [2.45, 2.75) is 33.4 Å². The van der Waals surface area contributed by atoms with Crippen molar-refractivity contribution in [2.75, 3.05) is 0 Å². The van der Waals surface area contributed by atoms with Crippen LogP contribution in [0.2, 0.25) is 0 Å². The Morgan fingerprint density at radius 3 is 2.62 bits per heavy atom. The summed E-state index contributed by atoms with van der Waals surface area (Å²) in [5, 5.41) is 12.9. The fourth-order valence-electron chi connectivity index (χ4n) is 2.51. The van der Waals surface area contributed by atoms with Gasteiger partial charge in [-0.2, -0.15) is 5.10 Å². The van der Waals surface area contributed by atoms with Crippen LogP contribution >= 0.6 is 0 Å². The topological polar surface area (TPSA) is 48.5 Å². The van der Waals surface area contributed by atoms with Gasteiger partial charge in [0.15, 0.2) is 5.82 Å². The fourth-order valence-corrected chi connectivity index (χ4v) is 2.51. The number of rotatable bonds is 4. The maximum Gasteiger partial charge on any atom is 0.167 e. The molecule has 0 fully saturated rings. The SMILES string of the molecule is CCn1cc(-c2nncn2C(C)c2ccccc2)c(C)n1. The summed E-state index contributed by atoms with van der Waals surface area (Å²) in [5.41, 5.74) is 3.25. The van der Waals surface area contributed by atoms with Gasteiger partial charge in [0.05, 0.1) is 17.3 Å². The van der Waals surface area contributed by atoms with Crippen LogP contribution in [0.3, 0.4) is 0 Å². The van der Waals surface area contributed by atoms with E-state index in [2.05, 4.69) is 58.0 Å². The van der Waals surface area contributed by atoms with Crippen LogP contribution in [0.25, 0.3) is 11.4 Å². The molecular formula is C16H19N5. The van der Waals surface area contributed by atoms with E-state index < -0.39 is 0 Å². The molecule has 0 saturated heterocycles. The van der Waals surface area contributed by atoms with Crippen molar-refractivity contribution in [2.24, 2.45) is 0 Å². The van der Waals surface area contributed by atoms with Crippen LogP contribution in [-0.2, 0) is 6.54 Å². The molecule has 0 N–H and O–H groups in total. The predicted molar refractivity (Wildman–Crippen MR) is 81.9 cm³/mol. The highest BCUT2D eigenvalue weighted by Gasteiger charge is 2.17. The second kappa shape index (κ2) is 5.52. The average molecular weight is 281 g/mol. The molecule has 0 amide bonds. The summed E-state index contributed by atoms with van der Waals surface area (Å²) >= 11 is 0. The molecule has 0 radical (unpaired) electrons. The normalized spacial score (nSPS) is 12.5. The summed E-state index contributed by atoms with van der Waals surface area (Å²) in [4.78, 5) is 0. The first-order chi connectivity index (χ1) is 10.2. The highest BCUT2D eigenvalue weighted by atomic mass is 15.3. The zero-order chi connectivity index (χ0) is 14.8. The van der Waals surface area contributed by atoms with E-state index in [-0.39, 0.29) is 6.04 Å². The first kappa shape index (κ1) is 13.5. The summed E-state index contributed by atoms with van der Waals surface area (Å²) in [6.45, 7) is 7.09. The lowest BCUT2D eigenvalue weighted by molar-refractivity contribution is 0.642. The molecule has 0 saturated carbocycles. The maximum absolute atomic E-state index is 4.49. The van der Waals surface area contributed by atoms with Crippen LogP contribution in [0.4, 0.5) is 0 Å². The van der Waals surface area contributed by atoms with E-state index in [4.69, 9.17) is 0 Å². The van der Waals surface area contributed by atoms with Crippen LogP contribution < -0.4 is 0 Å². The van der Waals surface area contributed by atoms with E-state index >= 15 is 0 Å². The minimum absolute atomic E-state index is 0.181. The van der Waals surface area contributed by atoms with E-state index in [0.29, 0.717) is 0 Å². The van der Waals surface area contributed by atoms with E-state index in [0.717, 1.165) is 23.6 Å². The van der Waals surface area contributed by atoms with Crippen LogP contribution in [-0.4, -0.2) is 24.5 Å². The van der Waals surface area contributed by atoms with Crippen molar-refractivity contribution in [1.82, 2.24) is 24.5 Å². The lowest BCUT2D eigenvalue weighted by atomic mass is 10.1. The molecule has 2 heterocycles. The maximum atomic E-state index is 4.49. The van der Waals surface area contributed by atoms with Gasteiger partial charge < -0.3 is 4.57 Å². The largest absolute Gasteiger partial charge is 0.306 e. The van der Waals surface area contributed by atoms with Gasteiger partial charge in [-0.05, 0) is 26.3 Å². The van der Waals surface area contributed by atoms with E-state index in [1.54, 1.807) is 6.33 Å². The second-order valence-corrected chi connectivity index (χ2v) is 5.13. The molecule has 2 aromatic heterocycles. The van der Waals surface area contributed by atoms with Crippen LogP contribution in [0, 0.1) is 6.92 Å². The number of aryl methyl sites for hydroxylation is 2. The van der Waals surface area contributed by atoms with Gasteiger partial charge >= 0.3 is 0 Å². The molecule has 108 valence electrons. The highest BCUT2D eigenvalue weighted by Crippen LogP contribution is 2.26. The molecule has 0 aliphatic rings. The second-order valence-electron chi connectivity index (χ2n) is 5.13. The highest BCUT2D eigenvalue weighted by molar-refractivity contribution is 5.57. The Morgan fingerprint density at radius 2 is 1.95 bits per heavy atom. The Kier molecular flexibility index (Phi) is 3.56. The molecule has 1 atom stereocenters. The summed E-state index contributed by atoms with van der Waals surface area (Å²) in [5.74, 6) is 0.864. The van der Waals surface area contributed by atoms with Gasteiger partial charge in [-0.25, -0.2) is 0 Å². The standard InChI is InChI=1S/C16H19N5/c1-4-20-10-15(12(2)19-20)16-18-17-11-21(16)13(3)14-8-6-5-7-9-14/h5-11,13H,4H2,1-3H3. The third-order valence-electron chi connectivity index (χ3n) is 3.78. The van der Waals surface area contributed by atoms with Crippen molar-refractivity contribution in [3.05, 3.63) is 54.1 Å². The first-order valence-electron chi connectivity index (χ1n) is 7.19. The Bertz CT molecular complexity index is 726. The fraction of sp³-hybridized carbons (Fsp3) is 0.312. The molecule has 1 unspecified atom stereocenters. The number of hydrogen-bond acceptors (Lipinski definition) is 3. The minimum atomic E-state index is 0.181. The summed E-state index contributed by atoms with van der Waals surface area (Å²) < 4.78 is 4.02. The Balaban J connectivity index is 2.03. The Morgan fingerprint density at radius 1 is 1.19 bits per heavy atom. The lowest BCUT2D eigenvalue weighted by Crippen LogP contribution is -2.07. The molecule has 5 nitrogen and oxygen atoms in total. The zero-order valence-electron chi connectivity index (χ0n) is 12.6. The predicted octanol–water partition coefficient (Wildman–Crippen LogP) is 3.08. The van der Waals surface area contributed by atoms with Crippen LogP contribution in [0.5, 0.6) is 0 Å². The quantitative estimate of drug-likeness (QED) is 0.738.